The minimum Gasteiger partial charge on any atom is -0.437 e. The average molecular weight is 293 g/mol. The summed E-state index contributed by atoms with van der Waals surface area (Å²) in [6.07, 6.45) is 1.77. The van der Waals surface area contributed by atoms with Gasteiger partial charge in [0.05, 0.1) is 11.6 Å². The van der Waals surface area contributed by atoms with Crippen LogP contribution in [-0.2, 0) is 6.61 Å². The summed E-state index contributed by atoms with van der Waals surface area (Å²) in [7, 11) is 0. The molecule has 0 saturated heterocycles. The van der Waals surface area contributed by atoms with E-state index in [4.69, 9.17) is 16.3 Å². The molecule has 1 aromatic carbocycles. The van der Waals surface area contributed by atoms with Gasteiger partial charge in [0.15, 0.2) is 0 Å². The quantitative estimate of drug-likeness (QED) is 0.804. The van der Waals surface area contributed by atoms with Crippen molar-refractivity contribution in [3.8, 4) is 11.6 Å². The van der Waals surface area contributed by atoms with E-state index in [1.54, 1.807) is 16.7 Å². The van der Waals surface area contributed by atoms with E-state index in [9.17, 15) is 9.50 Å². The lowest BCUT2D eigenvalue weighted by Gasteiger charge is -2.05. The SMILES string of the molecule is OCc1c(Oc2ccc(Cl)c(F)c2)nc2ccccn12. The summed E-state index contributed by atoms with van der Waals surface area (Å²) in [6, 6.07) is 9.55. The van der Waals surface area contributed by atoms with Gasteiger partial charge in [-0.25, -0.2) is 4.39 Å². The molecule has 0 bridgehead atoms. The zero-order valence-electron chi connectivity index (χ0n) is 10.3. The molecule has 0 unspecified atom stereocenters. The second-order valence-electron chi connectivity index (χ2n) is 4.13. The summed E-state index contributed by atoms with van der Waals surface area (Å²) in [5.41, 5.74) is 1.14. The lowest BCUT2D eigenvalue weighted by molar-refractivity contribution is 0.269. The van der Waals surface area contributed by atoms with Gasteiger partial charge < -0.3 is 9.84 Å². The Morgan fingerprint density at radius 2 is 2.15 bits per heavy atom. The second kappa shape index (κ2) is 5.11. The Balaban J connectivity index is 2.03. The first kappa shape index (κ1) is 12.9. The maximum atomic E-state index is 13.4. The van der Waals surface area contributed by atoms with Crippen LogP contribution in [0.15, 0.2) is 42.6 Å². The number of benzene rings is 1. The number of pyridine rings is 1. The number of ether oxygens (including phenoxy) is 1. The lowest BCUT2D eigenvalue weighted by atomic mass is 10.3. The molecule has 0 spiro atoms. The molecule has 0 radical (unpaired) electrons. The molecule has 0 saturated carbocycles. The number of imidazole rings is 1. The van der Waals surface area contributed by atoms with Crippen LogP contribution in [0.25, 0.3) is 5.65 Å². The maximum absolute atomic E-state index is 13.4. The highest BCUT2D eigenvalue weighted by Crippen LogP contribution is 2.28. The molecule has 3 aromatic rings. The first-order valence-corrected chi connectivity index (χ1v) is 6.26. The van der Waals surface area contributed by atoms with E-state index in [-0.39, 0.29) is 23.3 Å². The molecule has 0 aliphatic heterocycles. The molecule has 0 fully saturated rings. The zero-order chi connectivity index (χ0) is 14.1. The molecular formula is C14H10ClFN2O2. The molecule has 1 N–H and O–H groups in total. The van der Waals surface area contributed by atoms with Crippen LogP contribution in [0.1, 0.15) is 5.69 Å². The summed E-state index contributed by atoms with van der Waals surface area (Å²) in [5, 5.41) is 9.47. The first-order valence-electron chi connectivity index (χ1n) is 5.89. The van der Waals surface area contributed by atoms with Crippen LogP contribution in [0.5, 0.6) is 11.6 Å². The van der Waals surface area contributed by atoms with Crippen LogP contribution >= 0.6 is 11.6 Å². The Bertz CT molecular complexity index is 773. The number of aromatic nitrogens is 2. The van der Waals surface area contributed by atoms with Crippen LogP contribution < -0.4 is 4.74 Å². The van der Waals surface area contributed by atoms with Crippen LogP contribution in [0, 0.1) is 5.82 Å². The van der Waals surface area contributed by atoms with E-state index in [0.29, 0.717) is 11.3 Å². The maximum Gasteiger partial charge on any atom is 0.243 e. The molecule has 102 valence electrons. The van der Waals surface area contributed by atoms with Crippen LogP contribution in [-0.4, -0.2) is 14.5 Å². The molecule has 0 aliphatic carbocycles. The summed E-state index contributed by atoms with van der Waals surface area (Å²) < 4.78 is 20.6. The highest BCUT2D eigenvalue weighted by atomic mass is 35.5. The van der Waals surface area contributed by atoms with Crippen molar-refractivity contribution in [1.29, 1.82) is 0 Å². The number of halogens is 2. The van der Waals surface area contributed by atoms with E-state index < -0.39 is 5.82 Å². The standard InChI is InChI=1S/C14H10ClFN2O2/c15-10-5-4-9(7-11(10)16)20-14-12(8-19)18-6-2-1-3-13(18)17-14/h1-7,19H,8H2. The number of hydrogen-bond acceptors (Lipinski definition) is 3. The van der Waals surface area contributed by atoms with Gasteiger partial charge in [0, 0.05) is 12.3 Å². The fraction of sp³-hybridized carbons (Fsp3) is 0.0714. The number of nitrogens with zero attached hydrogens (tertiary/aromatic N) is 2. The molecule has 20 heavy (non-hydrogen) atoms. The highest BCUT2D eigenvalue weighted by molar-refractivity contribution is 6.30. The van der Waals surface area contributed by atoms with E-state index in [0.717, 1.165) is 0 Å². The van der Waals surface area contributed by atoms with E-state index in [1.807, 2.05) is 12.1 Å². The van der Waals surface area contributed by atoms with E-state index in [1.165, 1.54) is 18.2 Å². The predicted molar refractivity (Wildman–Crippen MR) is 72.6 cm³/mol. The minimum absolute atomic E-state index is 0.0229. The van der Waals surface area contributed by atoms with E-state index >= 15 is 0 Å². The zero-order valence-corrected chi connectivity index (χ0v) is 11.0. The topological polar surface area (TPSA) is 46.8 Å². The summed E-state index contributed by atoms with van der Waals surface area (Å²) in [6.45, 7) is -0.239. The van der Waals surface area contributed by atoms with Gasteiger partial charge in [-0.1, -0.05) is 17.7 Å². The third-order valence-electron chi connectivity index (χ3n) is 2.85. The average Bonchev–Trinajstić information content (AvgIpc) is 2.80. The lowest BCUT2D eigenvalue weighted by Crippen LogP contribution is -1.94. The molecule has 4 nitrogen and oxygen atoms in total. The third-order valence-corrected chi connectivity index (χ3v) is 3.15. The molecule has 0 aliphatic rings. The van der Waals surface area contributed by atoms with Gasteiger partial charge >= 0.3 is 0 Å². The molecule has 2 aromatic heterocycles. The van der Waals surface area contributed by atoms with Gasteiger partial charge in [0.2, 0.25) is 5.88 Å². The Morgan fingerprint density at radius 1 is 1.30 bits per heavy atom. The molecule has 0 atom stereocenters. The van der Waals surface area contributed by atoms with Crippen molar-refractivity contribution in [3.05, 3.63) is 59.1 Å². The molecular weight excluding hydrogens is 283 g/mol. The van der Waals surface area contributed by atoms with Gasteiger partial charge in [-0.05, 0) is 24.3 Å². The summed E-state index contributed by atoms with van der Waals surface area (Å²) in [4.78, 5) is 4.26. The predicted octanol–water partition coefficient (Wildman–Crippen LogP) is 3.41. The molecule has 2 heterocycles. The van der Waals surface area contributed by atoms with Crippen molar-refractivity contribution < 1.29 is 14.2 Å². The van der Waals surface area contributed by atoms with Gasteiger partial charge in [-0.2, -0.15) is 4.98 Å². The second-order valence-corrected chi connectivity index (χ2v) is 4.54. The van der Waals surface area contributed by atoms with Crippen molar-refractivity contribution in [2.75, 3.05) is 0 Å². The van der Waals surface area contributed by atoms with E-state index in [2.05, 4.69) is 4.98 Å². The number of aliphatic hydroxyl groups excluding tert-OH is 1. The number of fused-ring (bicyclic) bond motifs is 1. The van der Waals surface area contributed by atoms with Gasteiger partial charge in [-0.15, -0.1) is 0 Å². The fourth-order valence-electron chi connectivity index (χ4n) is 1.90. The number of rotatable bonds is 3. The van der Waals surface area contributed by atoms with Crippen LogP contribution in [0.3, 0.4) is 0 Å². The van der Waals surface area contributed by atoms with Crippen molar-refractivity contribution in [2.24, 2.45) is 0 Å². The van der Waals surface area contributed by atoms with Crippen LogP contribution in [0.2, 0.25) is 5.02 Å². The van der Waals surface area contributed by atoms with Crippen molar-refractivity contribution in [1.82, 2.24) is 9.38 Å². The number of hydrogen-bond donors (Lipinski definition) is 1. The highest BCUT2D eigenvalue weighted by Gasteiger charge is 2.13. The fourth-order valence-corrected chi connectivity index (χ4v) is 2.02. The summed E-state index contributed by atoms with van der Waals surface area (Å²) in [5.74, 6) is -0.0658. The van der Waals surface area contributed by atoms with Gasteiger partial charge in [0.1, 0.15) is 22.9 Å². The van der Waals surface area contributed by atoms with Crippen LogP contribution in [0.4, 0.5) is 4.39 Å². The van der Waals surface area contributed by atoms with Crippen molar-refractivity contribution >= 4 is 17.2 Å². The smallest absolute Gasteiger partial charge is 0.243 e. The molecule has 0 amide bonds. The number of aliphatic hydroxyl groups is 1. The van der Waals surface area contributed by atoms with Crippen molar-refractivity contribution in [2.45, 2.75) is 6.61 Å². The third kappa shape index (κ3) is 2.21. The Kier molecular flexibility index (Phi) is 3.30. The van der Waals surface area contributed by atoms with Crippen molar-refractivity contribution in [3.63, 3.8) is 0 Å². The minimum atomic E-state index is -0.571. The molecule has 6 heteroatoms. The Hall–Kier alpha value is -2.11. The van der Waals surface area contributed by atoms with Gasteiger partial charge in [0.25, 0.3) is 0 Å². The largest absolute Gasteiger partial charge is 0.437 e. The normalized spacial score (nSPS) is 10.9. The Labute approximate surface area is 119 Å². The molecule has 3 rings (SSSR count). The monoisotopic (exact) mass is 292 g/mol. The summed E-state index contributed by atoms with van der Waals surface area (Å²) >= 11 is 5.62. The first-order chi connectivity index (χ1) is 9.69. The van der Waals surface area contributed by atoms with Gasteiger partial charge in [-0.3, -0.25) is 4.40 Å². The Morgan fingerprint density at radius 3 is 2.90 bits per heavy atom.